The van der Waals surface area contributed by atoms with E-state index in [9.17, 15) is 4.79 Å². The molecule has 1 aromatic rings. The van der Waals surface area contributed by atoms with E-state index in [1.807, 2.05) is 0 Å². The van der Waals surface area contributed by atoms with Gasteiger partial charge in [0.1, 0.15) is 17.1 Å². The molecule has 1 rings (SSSR count). The molecule has 12 heavy (non-hydrogen) atoms. The molecule has 0 heterocycles. The summed E-state index contributed by atoms with van der Waals surface area (Å²) in [7, 11) is 0. The first kappa shape index (κ1) is 9.36. The van der Waals surface area contributed by atoms with E-state index in [1.165, 1.54) is 6.07 Å². The van der Waals surface area contributed by atoms with Gasteiger partial charge in [-0.05, 0) is 11.6 Å². The van der Waals surface area contributed by atoms with Gasteiger partial charge in [-0.3, -0.25) is 0 Å². The molecule has 0 spiro atoms. The van der Waals surface area contributed by atoms with E-state index in [2.05, 4.69) is 0 Å². The SMILES string of the molecule is O=CCc1ccc(O)c(Cl)c1Cl. The molecule has 0 amide bonds. The van der Waals surface area contributed by atoms with Crippen LogP contribution in [0.1, 0.15) is 5.56 Å². The van der Waals surface area contributed by atoms with Crippen LogP contribution in [0.4, 0.5) is 0 Å². The molecule has 0 aromatic heterocycles. The number of rotatable bonds is 2. The smallest absolute Gasteiger partial charge is 0.135 e. The Hall–Kier alpha value is -0.730. The highest BCUT2D eigenvalue weighted by atomic mass is 35.5. The molecular weight excluding hydrogens is 199 g/mol. The zero-order chi connectivity index (χ0) is 9.14. The number of hydrogen-bond donors (Lipinski definition) is 1. The molecule has 0 aliphatic rings. The third-order valence-corrected chi connectivity index (χ3v) is 2.36. The summed E-state index contributed by atoms with van der Waals surface area (Å²) in [6.45, 7) is 0. The average molecular weight is 205 g/mol. The van der Waals surface area contributed by atoms with Crippen LogP contribution in [0.5, 0.6) is 5.75 Å². The van der Waals surface area contributed by atoms with Crippen LogP contribution >= 0.6 is 23.2 Å². The summed E-state index contributed by atoms with van der Waals surface area (Å²) < 4.78 is 0. The molecular formula is C8H6Cl2O2. The predicted octanol–water partition coefficient (Wildman–Crippen LogP) is 2.44. The van der Waals surface area contributed by atoms with Gasteiger partial charge in [-0.2, -0.15) is 0 Å². The van der Waals surface area contributed by atoms with Crippen LogP contribution in [0.15, 0.2) is 12.1 Å². The van der Waals surface area contributed by atoms with E-state index in [0.717, 1.165) is 6.29 Å². The lowest BCUT2D eigenvalue weighted by Gasteiger charge is -2.03. The van der Waals surface area contributed by atoms with E-state index < -0.39 is 0 Å². The average Bonchev–Trinajstić information content (AvgIpc) is 2.07. The Balaban J connectivity index is 3.16. The van der Waals surface area contributed by atoms with Gasteiger partial charge < -0.3 is 9.90 Å². The van der Waals surface area contributed by atoms with Crippen LogP contribution < -0.4 is 0 Å². The fourth-order valence-corrected chi connectivity index (χ4v) is 1.25. The molecule has 4 heteroatoms. The van der Waals surface area contributed by atoms with E-state index >= 15 is 0 Å². The number of aromatic hydroxyl groups is 1. The van der Waals surface area contributed by atoms with Crippen LogP contribution in [0.25, 0.3) is 0 Å². The van der Waals surface area contributed by atoms with Crippen molar-refractivity contribution in [3.05, 3.63) is 27.7 Å². The zero-order valence-electron chi connectivity index (χ0n) is 6.05. The van der Waals surface area contributed by atoms with Gasteiger partial charge in [-0.15, -0.1) is 0 Å². The Labute approximate surface area is 79.7 Å². The minimum atomic E-state index is -0.0729. The maximum atomic E-state index is 10.2. The number of halogens is 2. The minimum absolute atomic E-state index is 0.0729. The van der Waals surface area contributed by atoms with Crippen molar-refractivity contribution in [2.45, 2.75) is 6.42 Å². The Bertz CT molecular complexity index is 310. The first-order valence-corrected chi connectivity index (χ1v) is 4.02. The van der Waals surface area contributed by atoms with Crippen molar-refractivity contribution in [3.63, 3.8) is 0 Å². The second kappa shape index (κ2) is 3.78. The van der Waals surface area contributed by atoms with E-state index in [4.69, 9.17) is 28.3 Å². The highest BCUT2D eigenvalue weighted by molar-refractivity contribution is 6.43. The lowest BCUT2D eigenvalue weighted by molar-refractivity contribution is -0.107. The van der Waals surface area contributed by atoms with Crippen molar-refractivity contribution in [1.29, 1.82) is 0 Å². The molecule has 0 aliphatic heterocycles. The van der Waals surface area contributed by atoms with Gasteiger partial charge in [-0.1, -0.05) is 29.3 Å². The maximum Gasteiger partial charge on any atom is 0.135 e. The predicted molar refractivity (Wildman–Crippen MR) is 47.9 cm³/mol. The van der Waals surface area contributed by atoms with Crippen molar-refractivity contribution < 1.29 is 9.90 Å². The summed E-state index contributed by atoms with van der Waals surface area (Å²) in [5.41, 5.74) is 0.620. The molecule has 0 fully saturated rings. The first-order valence-electron chi connectivity index (χ1n) is 3.26. The van der Waals surface area contributed by atoms with Crippen LogP contribution in [0, 0.1) is 0 Å². The van der Waals surface area contributed by atoms with Crippen LogP contribution in [0.2, 0.25) is 10.0 Å². The molecule has 0 radical (unpaired) electrons. The number of phenols is 1. The summed E-state index contributed by atoms with van der Waals surface area (Å²) in [5.74, 6) is -0.0729. The molecule has 0 atom stereocenters. The van der Waals surface area contributed by atoms with Crippen molar-refractivity contribution in [2.24, 2.45) is 0 Å². The summed E-state index contributed by atoms with van der Waals surface area (Å²) in [6, 6.07) is 2.98. The zero-order valence-corrected chi connectivity index (χ0v) is 7.56. The van der Waals surface area contributed by atoms with Crippen molar-refractivity contribution in [2.75, 3.05) is 0 Å². The third kappa shape index (κ3) is 1.71. The number of carbonyl (C=O) groups is 1. The van der Waals surface area contributed by atoms with Gasteiger partial charge in [0, 0.05) is 6.42 Å². The fourth-order valence-electron chi connectivity index (χ4n) is 0.827. The third-order valence-electron chi connectivity index (χ3n) is 1.45. The summed E-state index contributed by atoms with van der Waals surface area (Å²) in [5, 5.41) is 9.42. The van der Waals surface area contributed by atoms with Gasteiger partial charge in [0.25, 0.3) is 0 Å². The largest absolute Gasteiger partial charge is 0.506 e. The van der Waals surface area contributed by atoms with Gasteiger partial charge in [0.05, 0.1) is 5.02 Å². The van der Waals surface area contributed by atoms with Gasteiger partial charge in [-0.25, -0.2) is 0 Å². The Morgan fingerprint density at radius 3 is 2.58 bits per heavy atom. The summed E-state index contributed by atoms with van der Waals surface area (Å²) in [6.07, 6.45) is 0.938. The normalized spacial score (nSPS) is 9.83. The van der Waals surface area contributed by atoms with Crippen LogP contribution in [-0.4, -0.2) is 11.4 Å². The molecule has 64 valence electrons. The quantitative estimate of drug-likeness (QED) is 0.752. The second-order valence-electron chi connectivity index (χ2n) is 2.24. The highest BCUT2D eigenvalue weighted by Gasteiger charge is 2.07. The minimum Gasteiger partial charge on any atom is -0.506 e. The van der Waals surface area contributed by atoms with E-state index in [1.54, 1.807) is 6.07 Å². The Kier molecular flexibility index (Phi) is 2.95. The number of carbonyl (C=O) groups excluding carboxylic acids is 1. The molecule has 0 saturated heterocycles. The molecule has 1 aromatic carbocycles. The van der Waals surface area contributed by atoms with Gasteiger partial charge >= 0.3 is 0 Å². The standard InChI is InChI=1S/C8H6Cl2O2/c9-7-5(3-4-11)1-2-6(12)8(7)10/h1-2,4,12H,3H2. The monoisotopic (exact) mass is 204 g/mol. The molecule has 0 saturated carbocycles. The first-order chi connectivity index (χ1) is 5.66. The van der Waals surface area contributed by atoms with E-state index in [-0.39, 0.29) is 22.2 Å². The summed E-state index contributed by atoms with van der Waals surface area (Å²) >= 11 is 11.3. The lowest BCUT2D eigenvalue weighted by atomic mass is 10.1. The molecule has 0 unspecified atom stereocenters. The topological polar surface area (TPSA) is 37.3 Å². The summed E-state index contributed by atoms with van der Waals surface area (Å²) in [4.78, 5) is 10.2. The number of phenolic OH excluding ortho intramolecular Hbond substituents is 1. The number of aldehydes is 1. The molecule has 0 bridgehead atoms. The second-order valence-corrected chi connectivity index (χ2v) is 3.00. The molecule has 0 aliphatic carbocycles. The Morgan fingerprint density at radius 2 is 2.00 bits per heavy atom. The lowest BCUT2D eigenvalue weighted by Crippen LogP contribution is -1.87. The van der Waals surface area contributed by atoms with Crippen molar-refractivity contribution in [1.82, 2.24) is 0 Å². The number of hydrogen-bond acceptors (Lipinski definition) is 2. The highest BCUT2D eigenvalue weighted by Crippen LogP contribution is 2.33. The van der Waals surface area contributed by atoms with Crippen LogP contribution in [-0.2, 0) is 11.2 Å². The number of benzene rings is 1. The fraction of sp³-hybridized carbons (Fsp3) is 0.125. The van der Waals surface area contributed by atoms with Crippen molar-refractivity contribution in [3.8, 4) is 5.75 Å². The molecule has 1 N–H and O–H groups in total. The van der Waals surface area contributed by atoms with E-state index in [0.29, 0.717) is 5.56 Å². The van der Waals surface area contributed by atoms with Gasteiger partial charge in [0.15, 0.2) is 0 Å². The Morgan fingerprint density at radius 1 is 1.33 bits per heavy atom. The van der Waals surface area contributed by atoms with Gasteiger partial charge in [0.2, 0.25) is 0 Å². The molecule has 2 nitrogen and oxygen atoms in total. The van der Waals surface area contributed by atoms with Crippen molar-refractivity contribution >= 4 is 29.5 Å². The maximum absolute atomic E-state index is 10.2. The van der Waals surface area contributed by atoms with Crippen LogP contribution in [0.3, 0.4) is 0 Å².